The van der Waals surface area contributed by atoms with Crippen LogP contribution in [-0.2, 0) is 6.54 Å². The van der Waals surface area contributed by atoms with Crippen LogP contribution in [0.1, 0.15) is 17.7 Å². The van der Waals surface area contributed by atoms with Crippen molar-refractivity contribution in [1.29, 1.82) is 0 Å². The predicted octanol–water partition coefficient (Wildman–Crippen LogP) is 1.66. The Hall–Kier alpha value is -2.21. The van der Waals surface area contributed by atoms with E-state index in [-0.39, 0.29) is 5.56 Å². The zero-order chi connectivity index (χ0) is 15.2. The van der Waals surface area contributed by atoms with Crippen LogP contribution in [-0.4, -0.2) is 21.1 Å². The average molecular weight is 303 g/mol. The SMILES string of the molecule is Cc1cc(=O)n(CCCOc2ccccc2C(N)=S)cn1. The number of nitrogens with zero attached hydrogens (tertiary/aromatic N) is 2. The van der Waals surface area contributed by atoms with E-state index in [1.165, 1.54) is 6.07 Å². The predicted molar refractivity (Wildman–Crippen MR) is 85.7 cm³/mol. The third-order valence-corrected chi connectivity index (χ3v) is 3.19. The first kappa shape index (κ1) is 15.2. The van der Waals surface area contributed by atoms with E-state index in [0.29, 0.717) is 30.3 Å². The average Bonchev–Trinajstić information content (AvgIpc) is 2.45. The molecule has 0 atom stereocenters. The minimum absolute atomic E-state index is 0.0500. The Bertz CT molecular complexity index is 697. The minimum Gasteiger partial charge on any atom is -0.493 e. The highest BCUT2D eigenvalue weighted by Gasteiger charge is 2.05. The molecule has 1 aromatic heterocycles. The van der Waals surface area contributed by atoms with Gasteiger partial charge in [0.1, 0.15) is 10.7 Å². The third kappa shape index (κ3) is 4.13. The maximum absolute atomic E-state index is 11.7. The maximum atomic E-state index is 11.7. The van der Waals surface area contributed by atoms with Crippen molar-refractivity contribution in [3.8, 4) is 5.75 Å². The molecule has 0 spiro atoms. The normalized spacial score (nSPS) is 10.3. The van der Waals surface area contributed by atoms with Gasteiger partial charge in [0.15, 0.2) is 0 Å². The van der Waals surface area contributed by atoms with Crippen molar-refractivity contribution in [2.24, 2.45) is 5.73 Å². The van der Waals surface area contributed by atoms with Gasteiger partial charge in [0.2, 0.25) is 0 Å². The van der Waals surface area contributed by atoms with Gasteiger partial charge in [-0.05, 0) is 25.5 Å². The van der Waals surface area contributed by atoms with Crippen LogP contribution in [0.15, 0.2) is 41.5 Å². The number of nitrogens with two attached hydrogens (primary N) is 1. The Morgan fingerprint density at radius 2 is 2.19 bits per heavy atom. The summed E-state index contributed by atoms with van der Waals surface area (Å²) in [6.07, 6.45) is 2.25. The summed E-state index contributed by atoms with van der Waals surface area (Å²) >= 11 is 4.98. The van der Waals surface area contributed by atoms with Gasteiger partial charge in [-0.3, -0.25) is 9.36 Å². The number of thiocarbonyl (C=S) groups is 1. The fourth-order valence-corrected chi connectivity index (χ4v) is 2.07. The number of para-hydroxylation sites is 1. The maximum Gasteiger partial charge on any atom is 0.253 e. The van der Waals surface area contributed by atoms with Crippen LogP contribution in [0, 0.1) is 6.92 Å². The quantitative estimate of drug-likeness (QED) is 0.649. The second kappa shape index (κ2) is 6.99. The Morgan fingerprint density at radius 1 is 1.43 bits per heavy atom. The van der Waals surface area contributed by atoms with Gasteiger partial charge in [-0.1, -0.05) is 24.4 Å². The molecule has 2 N–H and O–H groups in total. The Balaban J connectivity index is 1.91. The van der Waals surface area contributed by atoms with Crippen molar-refractivity contribution in [3.05, 3.63) is 58.3 Å². The monoisotopic (exact) mass is 303 g/mol. The van der Waals surface area contributed by atoms with Crippen molar-refractivity contribution >= 4 is 17.2 Å². The van der Waals surface area contributed by atoms with E-state index in [1.807, 2.05) is 24.3 Å². The number of benzene rings is 1. The highest BCUT2D eigenvalue weighted by atomic mass is 32.1. The van der Waals surface area contributed by atoms with Crippen molar-refractivity contribution in [2.75, 3.05) is 6.61 Å². The number of aromatic nitrogens is 2. The number of aryl methyl sites for hydroxylation is 2. The van der Waals surface area contributed by atoms with E-state index in [2.05, 4.69) is 4.98 Å². The molecule has 0 amide bonds. The summed E-state index contributed by atoms with van der Waals surface area (Å²) in [6.45, 7) is 2.82. The van der Waals surface area contributed by atoms with Crippen LogP contribution in [0.25, 0.3) is 0 Å². The first-order valence-corrected chi connectivity index (χ1v) is 7.03. The van der Waals surface area contributed by atoms with Crippen LogP contribution in [0.2, 0.25) is 0 Å². The molecule has 2 rings (SSSR count). The Morgan fingerprint density at radius 3 is 2.90 bits per heavy atom. The summed E-state index contributed by atoms with van der Waals surface area (Å²) in [7, 11) is 0. The Labute approximate surface area is 128 Å². The largest absolute Gasteiger partial charge is 0.493 e. The van der Waals surface area contributed by atoms with E-state index in [0.717, 1.165) is 11.3 Å². The second-order valence-corrected chi connectivity index (χ2v) is 5.06. The Kier molecular flexibility index (Phi) is 5.05. The summed E-state index contributed by atoms with van der Waals surface area (Å²) < 4.78 is 7.25. The van der Waals surface area contributed by atoms with Gasteiger partial charge in [-0.25, -0.2) is 4.98 Å². The zero-order valence-electron chi connectivity index (χ0n) is 11.8. The molecule has 0 fully saturated rings. The highest BCUT2D eigenvalue weighted by Crippen LogP contribution is 2.17. The van der Waals surface area contributed by atoms with E-state index in [1.54, 1.807) is 17.8 Å². The lowest BCUT2D eigenvalue weighted by atomic mass is 10.2. The number of rotatable bonds is 6. The van der Waals surface area contributed by atoms with Gasteiger partial charge in [0.05, 0.1) is 18.5 Å². The molecule has 0 radical (unpaired) electrons. The molecular weight excluding hydrogens is 286 g/mol. The molecule has 0 bridgehead atoms. The van der Waals surface area contributed by atoms with Crippen LogP contribution in [0.3, 0.4) is 0 Å². The fraction of sp³-hybridized carbons (Fsp3) is 0.267. The smallest absolute Gasteiger partial charge is 0.253 e. The minimum atomic E-state index is -0.0500. The van der Waals surface area contributed by atoms with E-state index < -0.39 is 0 Å². The van der Waals surface area contributed by atoms with E-state index in [4.69, 9.17) is 22.7 Å². The van der Waals surface area contributed by atoms with Gasteiger partial charge in [-0.2, -0.15) is 0 Å². The molecule has 0 saturated carbocycles. The molecule has 0 aliphatic rings. The number of ether oxygens (including phenoxy) is 1. The summed E-state index contributed by atoms with van der Waals surface area (Å²) in [5.74, 6) is 0.666. The highest BCUT2D eigenvalue weighted by molar-refractivity contribution is 7.80. The van der Waals surface area contributed by atoms with Gasteiger partial charge in [0.25, 0.3) is 5.56 Å². The van der Waals surface area contributed by atoms with Gasteiger partial charge < -0.3 is 10.5 Å². The molecule has 2 aromatic rings. The first-order chi connectivity index (χ1) is 10.1. The van der Waals surface area contributed by atoms with Crippen LogP contribution < -0.4 is 16.0 Å². The zero-order valence-corrected chi connectivity index (χ0v) is 12.6. The molecule has 0 unspecified atom stereocenters. The van der Waals surface area contributed by atoms with Crippen LogP contribution in [0.5, 0.6) is 5.75 Å². The number of hydrogen-bond donors (Lipinski definition) is 1. The first-order valence-electron chi connectivity index (χ1n) is 6.62. The molecule has 6 heteroatoms. The summed E-state index contributed by atoms with van der Waals surface area (Å²) in [5, 5.41) is 0. The summed E-state index contributed by atoms with van der Waals surface area (Å²) in [6, 6.07) is 8.90. The summed E-state index contributed by atoms with van der Waals surface area (Å²) in [5.41, 5.74) is 7.04. The molecular formula is C15H17N3O2S. The van der Waals surface area contributed by atoms with E-state index >= 15 is 0 Å². The van der Waals surface area contributed by atoms with Gasteiger partial charge in [0, 0.05) is 18.3 Å². The van der Waals surface area contributed by atoms with Gasteiger partial charge >= 0.3 is 0 Å². The molecule has 21 heavy (non-hydrogen) atoms. The van der Waals surface area contributed by atoms with E-state index in [9.17, 15) is 4.79 Å². The number of hydrogen-bond acceptors (Lipinski definition) is 4. The van der Waals surface area contributed by atoms with Crippen LogP contribution >= 0.6 is 12.2 Å². The summed E-state index contributed by atoms with van der Waals surface area (Å²) in [4.78, 5) is 16.1. The van der Waals surface area contributed by atoms with Crippen LogP contribution in [0.4, 0.5) is 0 Å². The lowest BCUT2D eigenvalue weighted by Gasteiger charge is -2.11. The second-order valence-electron chi connectivity index (χ2n) is 4.62. The lowest BCUT2D eigenvalue weighted by molar-refractivity contribution is 0.300. The third-order valence-electron chi connectivity index (χ3n) is 2.97. The van der Waals surface area contributed by atoms with Crippen molar-refractivity contribution < 1.29 is 4.74 Å². The van der Waals surface area contributed by atoms with Crippen molar-refractivity contribution in [1.82, 2.24) is 9.55 Å². The molecule has 1 aromatic carbocycles. The molecule has 0 aliphatic heterocycles. The van der Waals surface area contributed by atoms with Crippen molar-refractivity contribution in [3.63, 3.8) is 0 Å². The molecule has 1 heterocycles. The molecule has 110 valence electrons. The fourth-order valence-electron chi connectivity index (χ4n) is 1.90. The lowest BCUT2D eigenvalue weighted by Crippen LogP contribution is -2.21. The van der Waals surface area contributed by atoms with Crippen molar-refractivity contribution in [2.45, 2.75) is 19.9 Å². The molecule has 0 aliphatic carbocycles. The standard InChI is InChI=1S/C15H17N3O2S/c1-11-9-14(19)18(10-17-11)7-4-8-20-13-6-3-2-5-12(13)15(16)21/h2-3,5-6,9-10H,4,7-8H2,1H3,(H2,16,21). The van der Waals surface area contributed by atoms with Gasteiger partial charge in [-0.15, -0.1) is 0 Å². The molecule has 0 saturated heterocycles. The topological polar surface area (TPSA) is 70.1 Å². The molecule has 5 nitrogen and oxygen atoms in total.